The van der Waals surface area contributed by atoms with Gasteiger partial charge in [0.15, 0.2) is 0 Å². The van der Waals surface area contributed by atoms with Gasteiger partial charge in [0, 0.05) is 13.2 Å². The van der Waals surface area contributed by atoms with Gasteiger partial charge in [0.25, 0.3) is 0 Å². The minimum absolute atomic E-state index is 0.428. The normalized spacial score (nSPS) is 15.4. The summed E-state index contributed by atoms with van der Waals surface area (Å²) in [4.78, 5) is 0. The molecule has 0 bridgehead atoms. The van der Waals surface area contributed by atoms with Gasteiger partial charge in [0.1, 0.15) is 0 Å². The molecule has 2 unspecified atom stereocenters. The molecular formula is C11H21N3. The van der Waals surface area contributed by atoms with E-state index in [2.05, 4.69) is 37.3 Å². The smallest absolute Gasteiger partial charge is 0.0553 e. The van der Waals surface area contributed by atoms with Crippen LogP contribution in [0.3, 0.4) is 0 Å². The largest absolute Gasteiger partial charge is 0.309 e. The molecule has 0 amide bonds. The molecule has 14 heavy (non-hydrogen) atoms. The highest BCUT2D eigenvalue weighted by atomic mass is 15.3. The zero-order valence-corrected chi connectivity index (χ0v) is 9.62. The van der Waals surface area contributed by atoms with Gasteiger partial charge in [-0.25, -0.2) is 0 Å². The number of nitrogens with one attached hydrogen (secondary N) is 1. The highest BCUT2D eigenvalue weighted by Gasteiger charge is 2.19. The molecule has 1 heterocycles. The molecule has 1 rings (SSSR count). The fourth-order valence-electron chi connectivity index (χ4n) is 1.74. The number of nitrogens with zero attached hydrogens (tertiary/aromatic N) is 2. The maximum atomic E-state index is 4.21. The van der Waals surface area contributed by atoms with Crippen LogP contribution >= 0.6 is 0 Å². The van der Waals surface area contributed by atoms with Gasteiger partial charge in [-0.3, -0.25) is 4.68 Å². The quantitative estimate of drug-likeness (QED) is 0.780. The van der Waals surface area contributed by atoms with Crippen molar-refractivity contribution < 1.29 is 0 Å². The molecule has 3 nitrogen and oxygen atoms in total. The summed E-state index contributed by atoms with van der Waals surface area (Å²) in [5, 5.41) is 7.73. The lowest BCUT2D eigenvalue weighted by Crippen LogP contribution is -2.28. The summed E-state index contributed by atoms with van der Waals surface area (Å²) in [6.45, 7) is 7.65. The molecule has 0 saturated carbocycles. The Labute approximate surface area is 86.5 Å². The molecule has 1 N–H and O–H groups in total. The first-order valence-electron chi connectivity index (χ1n) is 5.42. The lowest BCUT2D eigenvalue weighted by atomic mass is 9.96. The van der Waals surface area contributed by atoms with Gasteiger partial charge in [-0.15, -0.1) is 0 Å². The van der Waals surface area contributed by atoms with Crippen molar-refractivity contribution >= 4 is 0 Å². The zero-order chi connectivity index (χ0) is 10.6. The highest BCUT2D eigenvalue weighted by Crippen LogP contribution is 2.23. The van der Waals surface area contributed by atoms with Crippen LogP contribution in [0.1, 0.15) is 38.9 Å². The number of aromatic nitrogens is 2. The fourth-order valence-corrected chi connectivity index (χ4v) is 1.74. The van der Waals surface area contributed by atoms with E-state index in [9.17, 15) is 0 Å². The van der Waals surface area contributed by atoms with Crippen molar-refractivity contribution in [3.8, 4) is 0 Å². The summed E-state index contributed by atoms with van der Waals surface area (Å²) in [7, 11) is 2.00. The molecule has 1 aromatic heterocycles. The summed E-state index contributed by atoms with van der Waals surface area (Å²) in [6, 6.07) is 2.52. The Kier molecular flexibility index (Phi) is 4.14. The molecule has 0 radical (unpaired) electrons. The molecule has 0 aliphatic rings. The van der Waals surface area contributed by atoms with Crippen LogP contribution in [0.4, 0.5) is 0 Å². The third-order valence-corrected chi connectivity index (χ3v) is 2.81. The van der Waals surface area contributed by atoms with Crippen LogP contribution in [0.2, 0.25) is 0 Å². The van der Waals surface area contributed by atoms with Gasteiger partial charge in [-0.05, 0) is 18.5 Å². The second-order valence-electron chi connectivity index (χ2n) is 3.80. The van der Waals surface area contributed by atoms with Crippen LogP contribution in [0.5, 0.6) is 0 Å². The van der Waals surface area contributed by atoms with Gasteiger partial charge in [-0.1, -0.05) is 27.2 Å². The molecular weight excluding hydrogens is 174 g/mol. The lowest BCUT2D eigenvalue weighted by Gasteiger charge is -2.23. The Morgan fingerprint density at radius 3 is 2.64 bits per heavy atom. The summed E-state index contributed by atoms with van der Waals surface area (Å²) >= 11 is 0. The highest BCUT2D eigenvalue weighted by molar-refractivity contribution is 5.07. The molecule has 80 valence electrons. The van der Waals surface area contributed by atoms with Crippen molar-refractivity contribution in [1.82, 2.24) is 15.1 Å². The van der Waals surface area contributed by atoms with Crippen LogP contribution in [-0.2, 0) is 7.05 Å². The van der Waals surface area contributed by atoms with Crippen LogP contribution in [0.25, 0.3) is 0 Å². The van der Waals surface area contributed by atoms with Crippen LogP contribution in [-0.4, -0.2) is 16.3 Å². The predicted octanol–water partition coefficient (Wildman–Crippen LogP) is 2.12. The van der Waals surface area contributed by atoms with Crippen molar-refractivity contribution in [3.63, 3.8) is 0 Å². The van der Waals surface area contributed by atoms with Crippen LogP contribution in [0.15, 0.2) is 12.3 Å². The first-order valence-corrected chi connectivity index (χ1v) is 5.42. The Morgan fingerprint density at radius 2 is 2.21 bits per heavy atom. The van der Waals surface area contributed by atoms with Gasteiger partial charge < -0.3 is 5.32 Å². The van der Waals surface area contributed by atoms with E-state index in [1.807, 2.05) is 17.9 Å². The topological polar surface area (TPSA) is 29.9 Å². The second-order valence-corrected chi connectivity index (χ2v) is 3.80. The molecule has 3 heteroatoms. The number of rotatable bonds is 5. The van der Waals surface area contributed by atoms with E-state index in [0.717, 1.165) is 6.54 Å². The van der Waals surface area contributed by atoms with E-state index >= 15 is 0 Å². The van der Waals surface area contributed by atoms with Crippen LogP contribution in [0, 0.1) is 5.92 Å². The fraction of sp³-hybridized carbons (Fsp3) is 0.727. The Balaban J connectivity index is 2.82. The Morgan fingerprint density at radius 1 is 1.50 bits per heavy atom. The van der Waals surface area contributed by atoms with Crippen molar-refractivity contribution in [2.45, 2.75) is 33.2 Å². The average molecular weight is 195 g/mol. The molecule has 0 aliphatic heterocycles. The number of hydrogen-bond acceptors (Lipinski definition) is 2. The minimum Gasteiger partial charge on any atom is -0.309 e. The predicted molar refractivity (Wildman–Crippen MR) is 59.1 cm³/mol. The summed E-state index contributed by atoms with van der Waals surface area (Å²) in [5.41, 5.74) is 1.28. The maximum absolute atomic E-state index is 4.21. The lowest BCUT2D eigenvalue weighted by molar-refractivity contribution is 0.365. The SMILES string of the molecule is CCNC(c1ccnn1C)C(C)CC. The van der Waals surface area contributed by atoms with Crippen molar-refractivity contribution in [2.24, 2.45) is 13.0 Å². The molecule has 0 aliphatic carbocycles. The summed E-state index contributed by atoms with van der Waals surface area (Å²) in [5.74, 6) is 0.644. The van der Waals surface area contributed by atoms with E-state index in [-0.39, 0.29) is 0 Å². The maximum Gasteiger partial charge on any atom is 0.0553 e. The van der Waals surface area contributed by atoms with E-state index < -0.39 is 0 Å². The van der Waals surface area contributed by atoms with Gasteiger partial charge in [-0.2, -0.15) is 5.10 Å². The van der Waals surface area contributed by atoms with Crippen molar-refractivity contribution in [1.29, 1.82) is 0 Å². The van der Waals surface area contributed by atoms with E-state index in [4.69, 9.17) is 0 Å². The third-order valence-electron chi connectivity index (χ3n) is 2.81. The first-order chi connectivity index (χ1) is 6.70. The molecule has 0 aromatic carbocycles. The van der Waals surface area contributed by atoms with Crippen molar-refractivity contribution in [2.75, 3.05) is 6.54 Å². The molecule has 0 saturated heterocycles. The summed E-state index contributed by atoms with van der Waals surface area (Å²) in [6.07, 6.45) is 3.05. The molecule has 0 fully saturated rings. The standard InChI is InChI=1S/C11H21N3/c1-5-9(3)11(12-6-2)10-7-8-13-14(10)4/h7-9,11-12H,5-6H2,1-4H3. The Bertz CT molecular complexity index is 267. The number of hydrogen-bond donors (Lipinski definition) is 1. The minimum atomic E-state index is 0.428. The number of aryl methyl sites for hydroxylation is 1. The van der Waals surface area contributed by atoms with Crippen LogP contribution < -0.4 is 5.32 Å². The van der Waals surface area contributed by atoms with Gasteiger partial charge >= 0.3 is 0 Å². The van der Waals surface area contributed by atoms with Gasteiger partial charge in [0.05, 0.1) is 11.7 Å². The van der Waals surface area contributed by atoms with E-state index in [1.165, 1.54) is 12.1 Å². The van der Waals surface area contributed by atoms with Gasteiger partial charge in [0.2, 0.25) is 0 Å². The molecule has 1 aromatic rings. The molecule has 2 atom stereocenters. The summed E-state index contributed by atoms with van der Waals surface area (Å²) < 4.78 is 1.96. The second kappa shape index (κ2) is 5.15. The monoisotopic (exact) mass is 195 g/mol. The van der Waals surface area contributed by atoms with Crippen molar-refractivity contribution in [3.05, 3.63) is 18.0 Å². The zero-order valence-electron chi connectivity index (χ0n) is 9.62. The Hall–Kier alpha value is -0.830. The van der Waals surface area contributed by atoms with E-state index in [1.54, 1.807) is 0 Å². The third kappa shape index (κ3) is 2.35. The van der Waals surface area contributed by atoms with E-state index in [0.29, 0.717) is 12.0 Å². The average Bonchev–Trinajstić information content (AvgIpc) is 2.60. The molecule has 0 spiro atoms. The first kappa shape index (κ1) is 11.2.